The lowest BCUT2D eigenvalue weighted by atomic mass is 9.99. The first-order chi connectivity index (χ1) is 19.4. The van der Waals surface area contributed by atoms with Crippen LogP contribution < -0.4 is 5.32 Å². The predicted molar refractivity (Wildman–Crippen MR) is 152 cm³/mol. The van der Waals surface area contributed by atoms with Gasteiger partial charge in [-0.1, -0.05) is 54.6 Å². The average molecular weight is 547 g/mol. The van der Waals surface area contributed by atoms with Crippen LogP contribution in [-0.2, 0) is 27.3 Å². The van der Waals surface area contributed by atoms with E-state index in [0.717, 1.165) is 5.56 Å². The number of rotatable bonds is 12. The number of hydrogen-bond acceptors (Lipinski definition) is 8. The van der Waals surface area contributed by atoms with Crippen molar-refractivity contribution in [1.29, 1.82) is 0 Å². The van der Waals surface area contributed by atoms with Crippen molar-refractivity contribution in [3.63, 3.8) is 0 Å². The largest absolute Gasteiger partial charge is 0.508 e. The lowest BCUT2D eigenvalue weighted by Gasteiger charge is -2.46. The number of carbonyl (C=O) groups is 2. The second-order valence-corrected chi connectivity index (χ2v) is 10.5. The molecule has 212 valence electrons. The molecule has 2 N–H and O–H groups in total. The molecular formula is C30H38N6O4. The van der Waals surface area contributed by atoms with Gasteiger partial charge in [0.15, 0.2) is 12.5 Å². The zero-order valence-electron chi connectivity index (χ0n) is 23.1. The number of likely N-dealkylation sites (N-methyl/N-ethyl adjacent to an activating group) is 1. The molecule has 40 heavy (non-hydrogen) atoms. The standard InChI is InChI=1S/C30H38N6O4/c1-4-5-11-23(31-2)18-34-19-26-35(33(3)30-28(40-30)32-17-22-9-7-6-8-10-22)20-27(38)36(26)25(29(34)39)16-21-12-14-24(37)15-13-21/h4-10,12-15,23,25-26,28,30,32,37H,2,11,16-20H2,1,3H3/b5-4-/t23?,25-,26+,28?,30?/m0/s1. The van der Waals surface area contributed by atoms with E-state index in [9.17, 15) is 14.7 Å². The summed E-state index contributed by atoms with van der Waals surface area (Å²) in [5, 5.41) is 17.2. The fourth-order valence-corrected chi connectivity index (χ4v) is 5.60. The van der Waals surface area contributed by atoms with Gasteiger partial charge in [0.2, 0.25) is 11.8 Å². The summed E-state index contributed by atoms with van der Waals surface area (Å²) < 4.78 is 5.94. The Labute approximate surface area is 235 Å². The first kappa shape index (κ1) is 28.0. The highest BCUT2D eigenvalue weighted by molar-refractivity contribution is 5.91. The van der Waals surface area contributed by atoms with Crippen LogP contribution in [0.2, 0.25) is 0 Å². The van der Waals surface area contributed by atoms with Crippen molar-refractivity contribution in [2.75, 3.05) is 26.7 Å². The third-order valence-electron chi connectivity index (χ3n) is 7.86. The van der Waals surface area contributed by atoms with Gasteiger partial charge in [0, 0.05) is 26.6 Å². The van der Waals surface area contributed by atoms with Gasteiger partial charge in [0.05, 0.1) is 19.1 Å². The van der Waals surface area contributed by atoms with Crippen molar-refractivity contribution in [1.82, 2.24) is 25.1 Å². The number of epoxide rings is 1. The van der Waals surface area contributed by atoms with E-state index >= 15 is 0 Å². The summed E-state index contributed by atoms with van der Waals surface area (Å²) in [7, 11) is 1.93. The Morgan fingerprint density at radius 2 is 1.93 bits per heavy atom. The number of aliphatic imine (C=N–C) groups is 1. The Morgan fingerprint density at radius 1 is 1.18 bits per heavy atom. The second-order valence-electron chi connectivity index (χ2n) is 10.5. The van der Waals surface area contributed by atoms with Gasteiger partial charge in [0.1, 0.15) is 18.0 Å². The fraction of sp³-hybridized carbons (Fsp3) is 0.433. The minimum atomic E-state index is -0.659. The third kappa shape index (κ3) is 6.10. The van der Waals surface area contributed by atoms with Gasteiger partial charge in [0.25, 0.3) is 0 Å². The Kier molecular flexibility index (Phi) is 8.60. The Balaban J connectivity index is 1.33. The van der Waals surface area contributed by atoms with E-state index in [4.69, 9.17) is 4.74 Å². The first-order valence-corrected chi connectivity index (χ1v) is 13.8. The van der Waals surface area contributed by atoms with Crippen LogP contribution in [-0.4, -0.2) is 101 Å². The number of benzene rings is 2. The van der Waals surface area contributed by atoms with Crippen LogP contribution in [0.25, 0.3) is 0 Å². The van der Waals surface area contributed by atoms with Crippen LogP contribution in [0, 0.1) is 0 Å². The number of phenols is 1. The smallest absolute Gasteiger partial charge is 0.245 e. The molecule has 5 atom stereocenters. The fourth-order valence-electron chi connectivity index (χ4n) is 5.60. The normalized spacial score (nSPS) is 25.6. The van der Waals surface area contributed by atoms with Gasteiger partial charge in [-0.15, -0.1) is 0 Å². The molecule has 0 bridgehead atoms. The molecular weight excluding hydrogens is 508 g/mol. The van der Waals surface area contributed by atoms with Crippen LogP contribution in [0.3, 0.4) is 0 Å². The Bertz CT molecular complexity index is 1220. The number of nitrogens with one attached hydrogen (secondary N) is 1. The SMILES string of the molecule is C=NC(C/C=C\C)CN1C[C@H]2N(C(=O)CN2N(C)C2OC2NCc2ccccc2)[C@@H](Cc2ccc(O)cc2)C1=O. The molecule has 0 aromatic heterocycles. The highest BCUT2D eigenvalue weighted by Crippen LogP contribution is 2.33. The van der Waals surface area contributed by atoms with Crippen molar-refractivity contribution in [3.05, 3.63) is 77.9 Å². The zero-order chi connectivity index (χ0) is 28.2. The average Bonchev–Trinajstić information content (AvgIpc) is 3.68. The molecule has 2 aromatic rings. The molecule has 3 fully saturated rings. The van der Waals surface area contributed by atoms with Gasteiger partial charge < -0.3 is 19.6 Å². The first-order valence-electron chi connectivity index (χ1n) is 13.8. The van der Waals surface area contributed by atoms with E-state index in [1.807, 2.05) is 59.2 Å². The van der Waals surface area contributed by atoms with E-state index in [0.29, 0.717) is 32.5 Å². The number of nitrogens with zero attached hydrogens (tertiary/aromatic N) is 5. The molecule has 10 nitrogen and oxygen atoms in total. The lowest BCUT2D eigenvalue weighted by Crippen LogP contribution is -2.66. The summed E-state index contributed by atoms with van der Waals surface area (Å²) in [6.45, 7) is 7.36. The van der Waals surface area contributed by atoms with Gasteiger partial charge in [-0.2, -0.15) is 0 Å². The summed E-state index contributed by atoms with van der Waals surface area (Å²) in [6, 6.07) is 16.1. The molecule has 0 radical (unpaired) electrons. The molecule has 10 heteroatoms. The monoisotopic (exact) mass is 546 g/mol. The number of hydrazine groups is 1. The lowest BCUT2D eigenvalue weighted by molar-refractivity contribution is -0.159. The topological polar surface area (TPSA) is 104 Å². The van der Waals surface area contributed by atoms with Crippen molar-refractivity contribution >= 4 is 18.5 Å². The number of ether oxygens (including phenoxy) is 1. The van der Waals surface area contributed by atoms with Crippen LogP contribution in [0.5, 0.6) is 5.75 Å². The van der Waals surface area contributed by atoms with E-state index in [1.54, 1.807) is 29.2 Å². The maximum atomic E-state index is 13.8. The molecule has 3 heterocycles. The molecule has 5 rings (SSSR count). The number of piperazine rings is 1. The van der Waals surface area contributed by atoms with Gasteiger partial charge in [-0.25, -0.2) is 10.0 Å². The summed E-state index contributed by atoms with van der Waals surface area (Å²) in [6.07, 6.45) is 4.35. The maximum absolute atomic E-state index is 13.8. The molecule has 3 saturated heterocycles. The molecule has 3 aliphatic heterocycles. The van der Waals surface area contributed by atoms with Gasteiger partial charge >= 0.3 is 0 Å². The van der Waals surface area contributed by atoms with Gasteiger partial charge in [-0.3, -0.25) is 19.9 Å². The van der Waals surface area contributed by atoms with Gasteiger partial charge in [-0.05, 0) is 43.3 Å². The highest BCUT2D eigenvalue weighted by atomic mass is 16.6. The number of hydrogen-bond donors (Lipinski definition) is 2. The van der Waals surface area contributed by atoms with Crippen LogP contribution in [0.15, 0.2) is 71.7 Å². The molecule has 0 aliphatic carbocycles. The molecule has 3 aliphatic rings. The number of allylic oxidation sites excluding steroid dienone is 1. The quantitative estimate of drug-likeness (QED) is 0.238. The van der Waals surface area contributed by atoms with E-state index in [2.05, 4.69) is 29.2 Å². The third-order valence-corrected chi connectivity index (χ3v) is 7.86. The molecule has 3 unspecified atom stereocenters. The minimum absolute atomic E-state index is 0.0876. The number of carbonyl (C=O) groups excluding carboxylic acids is 2. The molecule has 2 amide bonds. The maximum Gasteiger partial charge on any atom is 0.245 e. The molecule has 2 aromatic carbocycles. The number of phenolic OH excluding ortho intramolecular Hbond substituents is 1. The molecule has 0 spiro atoms. The number of aromatic hydroxyl groups is 1. The van der Waals surface area contributed by atoms with E-state index < -0.39 is 6.04 Å². The van der Waals surface area contributed by atoms with Crippen molar-refractivity contribution in [3.8, 4) is 5.75 Å². The summed E-state index contributed by atoms with van der Waals surface area (Å²) in [5.74, 6) is -0.0243. The Morgan fingerprint density at radius 3 is 2.62 bits per heavy atom. The zero-order valence-corrected chi connectivity index (χ0v) is 23.1. The second kappa shape index (κ2) is 12.3. The predicted octanol–water partition coefficient (Wildman–Crippen LogP) is 1.97. The summed E-state index contributed by atoms with van der Waals surface area (Å²) >= 11 is 0. The minimum Gasteiger partial charge on any atom is -0.508 e. The molecule has 0 saturated carbocycles. The number of fused-ring (bicyclic) bond motifs is 1. The van der Waals surface area contributed by atoms with Crippen LogP contribution in [0.4, 0.5) is 0 Å². The number of amides is 2. The van der Waals surface area contributed by atoms with Crippen LogP contribution >= 0.6 is 0 Å². The van der Waals surface area contributed by atoms with Crippen molar-refractivity contribution < 1.29 is 19.4 Å². The van der Waals surface area contributed by atoms with Crippen molar-refractivity contribution in [2.45, 2.75) is 57.0 Å². The van der Waals surface area contributed by atoms with Crippen molar-refractivity contribution in [2.24, 2.45) is 4.99 Å². The van der Waals surface area contributed by atoms with Crippen LogP contribution in [0.1, 0.15) is 24.5 Å². The van der Waals surface area contributed by atoms with E-state index in [-0.39, 0.29) is 48.8 Å². The summed E-state index contributed by atoms with van der Waals surface area (Å²) in [4.78, 5) is 35.1. The van der Waals surface area contributed by atoms with E-state index in [1.165, 1.54) is 5.56 Å². The summed E-state index contributed by atoms with van der Waals surface area (Å²) in [5.41, 5.74) is 2.04. The highest BCUT2D eigenvalue weighted by Gasteiger charge is 2.54. The Hall–Kier alpha value is -3.57.